The molecule has 0 spiro atoms. The fourth-order valence-electron chi connectivity index (χ4n) is 6.33. The summed E-state index contributed by atoms with van der Waals surface area (Å²) >= 11 is 0. The molecule has 3 aromatic rings. The van der Waals surface area contributed by atoms with Gasteiger partial charge in [0.05, 0.1) is 25.4 Å². The number of aliphatic hydroxyl groups is 1. The van der Waals surface area contributed by atoms with E-state index in [4.69, 9.17) is 9.47 Å². The van der Waals surface area contributed by atoms with Crippen molar-refractivity contribution in [2.24, 2.45) is 5.92 Å². The van der Waals surface area contributed by atoms with E-state index in [9.17, 15) is 22.7 Å². The van der Waals surface area contributed by atoms with Crippen LogP contribution < -0.4 is 4.74 Å². The first-order chi connectivity index (χ1) is 21.1. The van der Waals surface area contributed by atoms with E-state index < -0.39 is 41.0 Å². The molecule has 0 heterocycles. The highest BCUT2D eigenvalue weighted by Crippen LogP contribution is 2.40. The van der Waals surface area contributed by atoms with Crippen molar-refractivity contribution < 1.29 is 40.9 Å². The van der Waals surface area contributed by atoms with Crippen molar-refractivity contribution in [2.75, 3.05) is 13.2 Å². The quantitative estimate of drug-likeness (QED) is 0.243. The largest absolute Gasteiger partial charge is 0.491 e. The van der Waals surface area contributed by atoms with Gasteiger partial charge in [0.15, 0.2) is 34.8 Å². The average molecular weight is 619 g/mol. The van der Waals surface area contributed by atoms with Crippen molar-refractivity contribution in [3.63, 3.8) is 0 Å². The molecular formula is C35H36F6O3. The molecule has 2 atom stereocenters. The summed E-state index contributed by atoms with van der Waals surface area (Å²) in [6.45, 7) is 3.66. The molecule has 0 aromatic heterocycles. The SMILES string of the molecule is CCOc1ccc(-c2ccc(C3CCC(OCC4CC=C(c5ccc(C(C)O)c(F)c5F)CC4)CC3)c(F)c2F)c(F)c1F. The standard InChI is InChI=1S/C35H36F6O3/c1-3-43-29-17-16-28(34(40)35(29)41)27-15-14-26(32(38)33(27)39)22-8-10-23(11-9-22)44-18-20-4-6-21(7-5-20)25-13-12-24(19(2)42)30(36)31(25)37/h6,12-17,19-20,22-23,42H,3-5,7-11,18H2,1-2H3. The summed E-state index contributed by atoms with van der Waals surface area (Å²) in [5, 5.41) is 9.62. The van der Waals surface area contributed by atoms with E-state index in [1.807, 2.05) is 6.08 Å². The molecule has 2 aliphatic rings. The summed E-state index contributed by atoms with van der Waals surface area (Å²) < 4.78 is 99.5. The van der Waals surface area contributed by atoms with Crippen LogP contribution in [0.3, 0.4) is 0 Å². The van der Waals surface area contributed by atoms with Gasteiger partial charge in [-0.15, -0.1) is 0 Å². The fourth-order valence-corrected chi connectivity index (χ4v) is 6.33. The number of halogens is 6. The predicted octanol–water partition coefficient (Wildman–Crippen LogP) is 9.57. The molecule has 0 aliphatic heterocycles. The molecule has 9 heteroatoms. The summed E-state index contributed by atoms with van der Waals surface area (Å²) in [5.74, 6) is -7.05. The number of rotatable bonds is 9. The molecule has 0 radical (unpaired) electrons. The highest BCUT2D eigenvalue weighted by molar-refractivity contribution is 5.68. The first kappa shape index (κ1) is 32.1. The van der Waals surface area contributed by atoms with Gasteiger partial charge in [-0.3, -0.25) is 0 Å². The molecule has 1 saturated carbocycles. The van der Waals surface area contributed by atoms with Crippen molar-refractivity contribution in [1.82, 2.24) is 0 Å². The number of hydrogen-bond acceptors (Lipinski definition) is 3. The molecule has 1 N–H and O–H groups in total. The summed E-state index contributed by atoms with van der Waals surface area (Å²) in [4.78, 5) is 0. The molecule has 236 valence electrons. The predicted molar refractivity (Wildman–Crippen MR) is 156 cm³/mol. The zero-order valence-corrected chi connectivity index (χ0v) is 24.7. The van der Waals surface area contributed by atoms with Crippen LogP contribution in [-0.2, 0) is 4.74 Å². The second-order valence-electron chi connectivity index (χ2n) is 11.7. The topological polar surface area (TPSA) is 38.7 Å². The third kappa shape index (κ3) is 6.54. The van der Waals surface area contributed by atoms with Crippen LogP contribution >= 0.6 is 0 Å². The lowest BCUT2D eigenvalue weighted by Crippen LogP contribution is -2.24. The maximum absolute atomic E-state index is 15.2. The third-order valence-electron chi connectivity index (χ3n) is 8.86. The molecule has 0 saturated heterocycles. The average Bonchev–Trinajstić information content (AvgIpc) is 3.02. The van der Waals surface area contributed by atoms with Crippen molar-refractivity contribution in [3.05, 3.63) is 94.1 Å². The molecule has 3 nitrogen and oxygen atoms in total. The van der Waals surface area contributed by atoms with Gasteiger partial charge in [-0.1, -0.05) is 30.3 Å². The Hall–Kier alpha value is -3.30. The van der Waals surface area contributed by atoms with Gasteiger partial charge in [0.2, 0.25) is 5.82 Å². The first-order valence-electron chi connectivity index (χ1n) is 15.2. The zero-order valence-electron chi connectivity index (χ0n) is 24.7. The Morgan fingerprint density at radius 3 is 2.02 bits per heavy atom. The van der Waals surface area contributed by atoms with Crippen molar-refractivity contribution in [2.45, 2.75) is 76.9 Å². The minimum absolute atomic E-state index is 0.0238. The van der Waals surface area contributed by atoms with E-state index in [1.54, 1.807) is 6.92 Å². The monoisotopic (exact) mass is 618 g/mol. The van der Waals surface area contributed by atoms with E-state index in [1.165, 1.54) is 43.3 Å². The Bertz CT molecular complexity index is 1530. The number of aliphatic hydroxyl groups excluding tert-OH is 1. The van der Waals surface area contributed by atoms with Crippen LogP contribution in [0.25, 0.3) is 16.7 Å². The fraction of sp³-hybridized carbons (Fsp3) is 0.429. The van der Waals surface area contributed by atoms with Crippen LogP contribution in [0.1, 0.15) is 87.5 Å². The minimum Gasteiger partial charge on any atom is -0.491 e. The molecule has 44 heavy (non-hydrogen) atoms. The van der Waals surface area contributed by atoms with Gasteiger partial charge in [0.25, 0.3) is 0 Å². The van der Waals surface area contributed by atoms with Crippen LogP contribution in [0.15, 0.2) is 42.5 Å². The number of ether oxygens (including phenoxy) is 2. The van der Waals surface area contributed by atoms with Crippen LogP contribution in [-0.4, -0.2) is 24.4 Å². The van der Waals surface area contributed by atoms with Gasteiger partial charge in [-0.05, 0) is 93.9 Å². The second-order valence-corrected chi connectivity index (χ2v) is 11.7. The van der Waals surface area contributed by atoms with E-state index in [0.29, 0.717) is 45.1 Å². The van der Waals surface area contributed by atoms with Crippen LogP contribution in [0.4, 0.5) is 26.3 Å². The lowest BCUT2D eigenvalue weighted by molar-refractivity contribution is 0.00322. The van der Waals surface area contributed by atoms with E-state index in [2.05, 4.69) is 0 Å². The summed E-state index contributed by atoms with van der Waals surface area (Å²) in [6.07, 6.45) is 5.33. The second kappa shape index (κ2) is 13.8. The van der Waals surface area contributed by atoms with E-state index in [0.717, 1.165) is 12.0 Å². The number of allylic oxidation sites excluding steroid dienone is 2. The highest BCUT2D eigenvalue weighted by atomic mass is 19.2. The van der Waals surface area contributed by atoms with Crippen molar-refractivity contribution in [1.29, 1.82) is 0 Å². The Morgan fingerprint density at radius 2 is 1.39 bits per heavy atom. The van der Waals surface area contributed by atoms with Crippen LogP contribution in [0.5, 0.6) is 5.75 Å². The van der Waals surface area contributed by atoms with Gasteiger partial charge in [0.1, 0.15) is 0 Å². The smallest absolute Gasteiger partial charge is 0.201 e. The molecular weight excluding hydrogens is 582 g/mol. The molecule has 0 amide bonds. The molecule has 1 fully saturated rings. The van der Waals surface area contributed by atoms with E-state index >= 15 is 8.78 Å². The number of hydrogen-bond donors (Lipinski definition) is 1. The maximum atomic E-state index is 15.2. The zero-order chi connectivity index (χ0) is 31.5. The van der Waals surface area contributed by atoms with Gasteiger partial charge in [-0.2, -0.15) is 4.39 Å². The summed E-state index contributed by atoms with van der Waals surface area (Å²) in [5.41, 5.74) is 0.388. The van der Waals surface area contributed by atoms with E-state index in [-0.39, 0.29) is 58.1 Å². The molecule has 2 aliphatic carbocycles. The molecule has 3 aromatic carbocycles. The summed E-state index contributed by atoms with van der Waals surface area (Å²) in [6, 6.07) is 8.06. The molecule has 5 rings (SSSR count). The van der Waals surface area contributed by atoms with Gasteiger partial charge >= 0.3 is 0 Å². The Morgan fingerprint density at radius 1 is 0.750 bits per heavy atom. The van der Waals surface area contributed by atoms with Crippen molar-refractivity contribution in [3.8, 4) is 16.9 Å². The van der Waals surface area contributed by atoms with Gasteiger partial charge < -0.3 is 14.6 Å². The molecule has 2 unspecified atom stereocenters. The maximum Gasteiger partial charge on any atom is 0.201 e. The Labute approximate surface area is 253 Å². The molecule has 0 bridgehead atoms. The van der Waals surface area contributed by atoms with Gasteiger partial charge in [0, 0.05) is 22.3 Å². The summed E-state index contributed by atoms with van der Waals surface area (Å²) in [7, 11) is 0. The third-order valence-corrected chi connectivity index (χ3v) is 8.86. The van der Waals surface area contributed by atoms with Gasteiger partial charge in [-0.25, -0.2) is 22.0 Å². The highest BCUT2D eigenvalue weighted by Gasteiger charge is 2.29. The number of benzene rings is 3. The lowest BCUT2D eigenvalue weighted by atomic mass is 9.81. The Kier molecular flexibility index (Phi) is 10.1. The Balaban J connectivity index is 1.15. The lowest BCUT2D eigenvalue weighted by Gasteiger charge is -2.31. The van der Waals surface area contributed by atoms with Crippen LogP contribution in [0.2, 0.25) is 0 Å². The minimum atomic E-state index is -1.29. The first-order valence-corrected chi connectivity index (χ1v) is 15.2. The normalized spacial score (nSPS) is 21.2. The van der Waals surface area contributed by atoms with Crippen LogP contribution in [0, 0.1) is 40.8 Å². The van der Waals surface area contributed by atoms with Crippen molar-refractivity contribution >= 4 is 5.57 Å².